The van der Waals surface area contributed by atoms with Crippen LogP contribution in [-0.4, -0.2) is 36.1 Å². The number of carbonyl (C=O) groups excluding carboxylic acids is 1. The van der Waals surface area contributed by atoms with Gasteiger partial charge in [-0.3, -0.25) is 9.69 Å². The molecule has 0 atom stereocenters. The predicted octanol–water partition coefficient (Wildman–Crippen LogP) is 5.83. The van der Waals surface area contributed by atoms with E-state index in [0.29, 0.717) is 45.1 Å². The van der Waals surface area contributed by atoms with Gasteiger partial charge < -0.3 is 14.8 Å². The molecule has 0 aliphatic carbocycles. The van der Waals surface area contributed by atoms with Gasteiger partial charge in [-0.2, -0.15) is 0 Å². The van der Waals surface area contributed by atoms with Crippen molar-refractivity contribution in [1.29, 1.82) is 0 Å². The summed E-state index contributed by atoms with van der Waals surface area (Å²) in [6, 6.07) is 24.7. The Balaban J connectivity index is 1.39. The molecule has 6 nitrogen and oxygen atoms in total. The molecule has 0 unspecified atom stereocenters. The molecule has 0 radical (unpaired) electrons. The Morgan fingerprint density at radius 1 is 0.921 bits per heavy atom. The molecule has 0 spiro atoms. The minimum absolute atomic E-state index is 0.181. The van der Waals surface area contributed by atoms with Crippen molar-refractivity contribution < 1.29 is 18.7 Å². The summed E-state index contributed by atoms with van der Waals surface area (Å²) >= 11 is 1.46. The van der Waals surface area contributed by atoms with Gasteiger partial charge in [0.25, 0.3) is 5.91 Å². The number of rotatable bonds is 14. The molecule has 38 heavy (non-hydrogen) atoms. The molecule has 0 saturated carbocycles. The molecule has 0 fully saturated rings. The summed E-state index contributed by atoms with van der Waals surface area (Å²) in [7, 11) is 1.64. The van der Waals surface area contributed by atoms with Gasteiger partial charge in [0.05, 0.1) is 6.54 Å². The van der Waals surface area contributed by atoms with Crippen LogP contribution in [0.15, 0.2) is 84.2 Å². The molecule has 3 aromatic carbocycles. The lowest BCUT2D eigenvalue weighted by atomic mass is 10.1. The van der Waals surface area contributed by atoms with E-state index in [0.717, 1.165) is 33.9 Å². The van der Waals surface area contributed by atoms with Crippen LogP contribution in [0.5, 0.6) is 5.75 Å². The average Bonchev–Trinajstić information content (AvgIpc) is 3.41. The minimum Gasteiger partial charge on any atom is -0.489 e. The lowest BCUT2D eigenvalue weighted by Crippen LogP contribution is -2.26. The van der Waals surface area contributed by atoms with Crippen LogP contribution >= 0.6 is 11.3 Å². The fourth-order valence-electron chi connectivity index (χ4n) is 3.89. The SMILES string of the molecule is COCCCNC(=O)c1csc(CN(Cc2ccc(F)cc2)Cc2ccc(OCc3ccccc3)cc2)n1. The molecule has 0 aliphatic heterocycles. The number of amides is 1. The first-order chi connectivity index (χ1) is 18.6. The predicted molar refractivity (Wildman–Crippen MR) is 148 cm³/mol. The standard InChI is InChI=1S/C30H32FN3O3S/c1-36-17-5-16-32-30(35)28-22-38-29(33-28)20-34(18-23-8-12-26(31)13-9-23)19-24-10-14-27(15-11-24)37-21-25-6-3-2-4-7-25/h2-4,6-15,22H,5,16-21H2,1H3,(H,32,35). The Hall–Kier alpha value is -3.59. The monoisotopic (exact) mass is 533 g/mol. The Morgan fingerprint density at radius 3 is 2.29 bits per heavy atom. The van der Waals surface area contributed by atoms with E-state index in [9.17, 15) is 9.18 Å². The molecule has 0 bridgehead atoms. The Bertz CT molecular complexity index is 1260. The van der Waals surface area contributed by atoms with Crippen LogP contribution < -0.4 is 10.1 Å². The zero-order valence-corrected chi connectivity index (χ0v) is 22.3. The van der Waals surface area contributed by atoms with Gasteiger partial charge in [-0.05, 0) is 47.4 Å². The molecule has 4 aromatic rings. The summed E-state index contributed by atoms with van der Waals surface area (Å²) in [4.78, 5) is 19.2. The number of halogens is 1. The van der Waals surface area contributed by atoms with Crippen LogP contribution in [0, 0.1) is 5.82 Å². The molecule has 1 aromatic heterocycles. The van der Waals surface area contributed by atoms with Crippen molar-refractivity contribution in [3.8, 4) is 5.75 Å². The van der Waals surface area contributed by atoms with Gasteiger partial charge in [0.2, 0.25) is 0 Å². The second-order valence-electron chi connectivity index (χ2n) is 8.92. The van der Waals surface area contributed by atoms with E-state index in [-0.39, 0.29) is 11.7 Å². The van der Waals surface area contributed by atoms with Crippen molar-refractivity contribution in [3.05, 3.63) is 117 Å². The Labute approximate surface area is 227 Å². The summed E-state index contributed by atoms with van der Waals surface area (Å²) in [6.45, 7) is 3.50. The third kappa shape index (κ3) is 8.76. The number of hydrogen-bond donors (Lipinski definition) is 1. The number of hydrogen-bond acceptors (Lipinski definition) is 6. The summed E-state index contributed by atoms with van der Waals surface area (Å²) in [5, 5.41) is 5.51. The average molecular weight is 534 g/mol. The van der Waals surface area contributed by atoms with Crippen LogP contribution in [0.3, 0.4) is 0 Å². The van der Waals surface area contributed by atoms with Crippen molar-refractivity contribution in [2.45, 2.75) is 32.7 Å². The van der Waals surface area contributed by atoms with Gasteiger partial charge in [-0.15, -0.1) is 11.3 Å². The highest BCUT2D eigenvalue weighted by Gasteiger charge is 2.15. The number of carbonyl (C=O) groups is 1. The largest absolute Gasteiger partial charge is 0.489 e. The molecule has 1 heterocycles. The molecule has 198 valence electrons. The number of nitrogens with zero attached hydrogens (tertiary/aromatic N) is 2. The second-order valence-corrected chi connectivity index (χ2v) is 9.86. The van der Waals surface area contributed by atoms with Gasteiger partial charge in [0, 0.05) is 38.7 Å². The van der Waals surface area contributed by atoms with Gasteiger partial charge in [0.15, 0.2) is 0 Å². The summed E-state index contributed by atoms with van der Waals surface area (Å²) in [5.41, 5.74) is 3.66. The molecule has 1 N–H and O–H groups in total. The molecular formula is C30H32FN3O3S. The number of ether oxygens (including phenoxy) is 2. The van der Waals surface area contributed by atoms with Gasteiger partial charge in [0.1, 0.15) is 28.9 Å². The summed E-state index contributed by atoms with van der Waals surface area (Å²) < 4.78 is 24.4. The van der Waals surface area contributed by atoms with Gasteiger partial charge in [-0.1, -0.05) is 54.6 Å². The van der Waals surface area contributed by atoms with E-state index < -0.39 is 0 Å². The van der Waals surface area contributed by atoms with Crippen LogP contribution in [-0.2, 0) is 31.0 Å². The van der Waals surface area contributed by atoms with Crippen LogP contribution in [0.1, 0.15) is 38.6 Å². The summed E-state index contributed by atoms with van der Waals surface area (Å²) in [5.74, 6) is 0.371. The first-order valence-corrected chi connectivity index (χ1v) is 13.4. The maximum atomic E-state index is 13.5. The van der Waals surface area contributed by atoms with Crippen molar-refractivity contribution in [2.24, 2.45) is 0 Å². The first-order valence-electron chi connectivity index (χ1n) is 12.5. The van der Waals surface area contributed by atoms with E-state index in [1.54, 1.807) is 24.6 Å². The Morgan fingerprint density at radius 2 is 1.61 bits per heavy atom. The minimum atomic E-state index is -0.257. The lowest BCUT2D eigenvalue weighted by molar-refractivity contribution is 0.0944. The van der Waals surface area contributed by atoms with E-state index in [4.69, 9.17) is 9.47 Å². The molecule has 8 heteroatoms. The topological polar surface area (TPSA) is 63.7 Å². The number of aromatic nitrogens is 1. The lowest BCUT2D eigenvalue weighted by Gasteiger charge is -2.22. The third-order valence-electron chi connectivity index (χ3n) is 5.85. The third-order valence-corrected chi connectivity index (χ3v) is 6.68. The van der Waals surface area contributed by atoms with Crippen molar-refractivity contribution >= 4 is 17.2 Å². The van der Waals surface area contributed by atoms with Crippen LogP contribution in [0.2, 0.25) is 0 Å². The quantitative estimate of drug-likeness (QED) is 0.207. The highest BCUT2D eigenvalue weighted by atomic mass is 32.1. The Kier molecular flexibility index (Phi) is 10.4. The highest BCUT2D eigenvalue weighted by Crippen LogP contribution is 2.20. The summed E-state index contributed by atoms with van der Waals surface area (Å²) in [6.07, 6.45) is 0.751. The van der Waals surface area contributed by atoms with Crippen molar-refractivity contribution in [3.63, 3.8) is 0 Å². The zero-order valence-electron chi connectivity index (χ0n) is 21.4. The second kappa shape index (κ2) is 14.4. The van der Waals surface area contributed by atoms with E-state index in [2.05, 4.69) is 27.3 Å². The molecule has 0 aliphatic rings. The highest BCUT2D eigenvalue weighted by molar-refractivity contribution is 7.09. The zero-order chi connectivity index (χ0) is 26.6. The smallest absolute Gasteiger partial charge is 0.270 e. The van der Waals surface area contributed by atoms with Crippen LogP contribution in [0.4, 0.5) is 4.39 Å². The number of methoxy groups -OCH3 is 1. The number of benzene rings is 3. The van der Waals surface area contributed by atoms with Gasteiger partial charge >= 0.3 is 0 Å². The van der Waals surface area contributed by atoms with Crippen molar-refractivity contribution in [1.82, 2.24) is 15.2 Å². The fourth-order valence-corrected chi connectivity index (χ4v) is 4.71. The van der Waals surface area contributed by atoms with E-state index >= 15 is 0 Å². The van der Waals surface area contributed by atoms with Crippen LogP contribution in [0.25, 0.3) is 0 Å². The van der Waals surface area contributed by atoms with E-state index in [1.807, 2.05) is 42.5 Å². The normalized spacial score (nSPS) is 11.0. The number of nitrogens with one attached hydrogen (secondary N) is 1. The van der Waals surface area contributed by atoms with Crippen molar-refractivity contribution in [2.75, 3.05) is 20.3 Å². The molecular weight excluding hydrogens is 501 g/mol. The fraction of sp³-hybridized carbons (Fsp3) is 0.267. The number of thiazole rings is 1. The molecule has 0 saturated heterocycles. The molecule has 4 rings (SSSR count). The maximum Gasteiger partial charge on any atom is 0.270 e. The first kappa shape index (κ1) is 27.4. The molecule has 1 amide bonds. The maximum absolute atomic E-state index is 13.5. The van der Waals surface area contributed by atoms with Gasteiger partial charge in [-0.25, -0.2) is 9.37 Å². The van der Waals surface area contributed by atoms with E-state index in [1.165, 1.54) is 23.5 Å².